The molecule has 2 rings (SSSR count). The molecule has 1 atom stereocenters. The maximum Gasteiger partial charge on any atom is 0.0668 e. The van der Waals surface area contributed by atoms with Crippen LogP contribution in [0.15, 0.2) is 29.3 Å². The summed E-state index contributed by atoms with van der Waals surface area (Å²) in [6.45, 7) is 11.0. The lowest BCUT2D eigenvalue weighted by Gasteiger charge is -2.37. The quantitative estimate of drug-likeness (QED) is 0.829. The molecule has 1 fully saturated rings. The first-order chi connectivity index (χ1) is 8.09. The predicted octanol–water partition coefficient (Wildman–Crippen LogP) is 3.45. The highest BCUT2D eigenvalue weighted by Gasteiger charge is 2.21. The van der Waals surface area contributed by atoms with Crippen LogP contribution in [0.1, 0.15) is 18.1 Å². The van der Waals surface area contributed by atoms with Crippen molar-refractivity contribution in [1.82, 2.24) is 4.90 Å². The van der Waals surface area contributed by atoms with E-state index in [4.69, 9.17) is 4.74 Å². The molecular formula is C14H18BrNO. The van der Waals surface area contributed by atoms with Gasteiger partial charge in [-0.2, -0.15) is 0 Å². The van der Waals surface area contributed by atoms with Crippen molar-refractivity contribution < 1.29 is 4.74 Å². The molecule has 0 amide bonds. The second-order valence-corrected chi connectivity index (χ2v) is 5.44. The van der Waals surface area contributed by atoms with Crippen LogP contribution in [-0.2, 0) is 4.74 Å². The van der Waals surface area contributed by atoms with Gasteiger partial charge in [-0.1, -0.05) is 28.6 Å². The van der Waals surface area contributed by atoms with E-state index in [1.54, 1.807) is 0 Å². The lowest BCUT2D eigenvalue weighted by atomic mass is 10.0. The zero-order chi connectivity index (χ0) is 12.4. The highest BCUT2D eigenvalue weighted by atomic mass is 79.9. The van der Waals surface area contributed by atoms with Crippen LogP contribution in [0, 0.1) is 6.92 Å². The molecular weight excluding hydrogens is 278 g/mol. The summed E-state index contributed by atoms with van der Waals surface area (Å²) in [5, 5.41) is 0. The first-order valence-corrected chi connectivity index (χ1v) is 6.68. The molecule has 0 bridgehead atoms. The maximum absolute atomic E-state index is 5.46. The van der Waals surface area contributed by atoms with Crippen molar-refractivity contribution in [2.75, 3.05) is 19.8 Å². The van der Waals surface area contributed by atoms with Gasteiger partial charge in [0.25, 0.3) is 0 Å². The van der Waals surface area contributed by atoms with Crippen LogP contribution >= 0.6 is 15.9 Å². The number of hydrogen-bond acceptors (Lipinski definition) is 2. The number of aryl methyl sites for hydroxylation is 1. The summed E-state index contributed by atoms with van der Waals surface area (Å²) in [5.74, 6) is 0. The lowest BCUT2D eigenvalue weighted by Crippen LogP contribution is -2.42. The third-order valence-corrected chi connectivity index (χ3v) is 3.71. The molecule has 2 nitrogen and oxygen atoms in total. The standard InChI is InChI=1S/C14H18BrNO/c1-10-8-13(15)4-5-14(10)12(3)16-6-7-17-9-11(16)2/h4-5,8,11H,3,6-7,9H2,1-2H3/t11-/m1/s1. The van der Waals surface area contributed by atoms with E-state index in [0.29, 0.717) is 6.04 Å². The lowest BCUT2D eigenvalue weighted by molar-refractivity contribution is 0.0286. The Morgan fingerprint density at radius 2 is 2.29 bits per heavy atom. The summed E-state index contributed by atoms with van der Waals surface area (Å²) in [6, 6.07) is 6.73. The second-order valence-electron chi connectivity index (χ2n) is 4.52. The molecule has 0 saturated carbocycles. The van der Waals surface area contributed by atoms with Crippen molar-refractivity contribution >= 4 is 21.6 Å². The molecule has 1 saturated heterocycles. The summed E-state index contributed by atoms with van der Waals surface area (Å²) < 4.78 is 6.57. The number of hydrogen-bond donors (Lipinski definition) is 0. The van der Waals surface area contributed by atoms with Gasteiger partial charge < -0.3 is 9.64 Å². The first-order valence-electron chi connectivity index (χ1n) is 5.89. The first kappa shape index (κ1) is 12.7. The van der Waals surface area contributed by atoms with Gasteiger partial charge >= 0.3 is 0 Å². The van der Waals surface area contributed by atoms with Crippen molar-refractivity contribution in [1.29, 1.82) is 0 Å². The zero-order valence-corrected chi connectivity index (χ0v) is 12.0. The molecule has 0 spiro atoms. The summed E-state index contributed by atoms with van der Waals surface area (Å²) in [5.41, 5.74) is 3.58. The molecule has 1 aliphatic heterocycles. The van der Waals surface area contributed by atoms with Crippen LogP contribution in [0.2, 0.25) is 0 Å². The fourth-order valence-electron chi connectivity index (χ4n) is 2.23. The smallest absolute Gasteiger partial charge is 0.0668 e. The van der Waals surface area contributed by atoms with E-state index in [9.17, 15) is 0 Å². The van der Waals surface area contributed by atoms with Gasteiger partial charge in [-0.25, -0.2) is 0 Å². The van der Waals surface area contributed by atoms with Gasteiger partial charge in [-0.15, -0.1) is 0 Å². The molecule has 1 heterocycles. The number of halogens is 1. The fourth-order valence-corrected chi connectivity index (χ4v) is 2.71. The average Bonchev–Trinajstić information content (AvgIpc) is 2.29. The Morgan fingerprint density at radius 3 is 2.94 bits per heavy atom. The SMILES string of the molecule is C=C(c1ccc(Br)cc1C)N1CCOC[C@H]1C. The molecule has 1 aliphatic rings. The van der Waals surface area contributed by atoms with E-state index in [0.717, 1.165) is 29.9 Å². The minimum atomic E-state index is 0.402. The Bertz CT molecular complexity index is 430. The number of rotatable bonds is 2. The van der Waals surface area contributed by atoms with Crippen LogP contribution in [0.3, 0.4) is 0 Å². The third kappa shape index (κ3) is 2.72. The summed E-state index contributed by atoms with van der Waals surface area (Å²) in [6.07, 6.45) is 0. The monoisotopic (exact) mass is 295 g/mol. The summed E-state index contributed by atoms with van der Waals surface area (Å²) >= 11 is 3.49. The van der Waals surface area contributed by atoms with Crippen LogP contribution < -0.4 is 0 Å². The second kappa shape index (κ2) is 5.23. The van der Waals surface area contributed by atoms with E-state index < -0.39 is 0 Å². The Hall–Kier alpha value is -0.800. The van der Waals surface area contributed by atoms with Crippen molar-refractivity contribution in [3.05, 3.63) is 40.4 Å². The molecule has 0 aliphatic carbocycles. The van der Waals surface area contributed by atoms with Gasteiger partial charge in [0.1, 0.15) is 0 Å². The largest absolute Gasteiger partial charge is 0.377 e. The van der Waals surface area contributed by atoms with Crippen LogP contribution in [0.4, 0.5) is 0 Å². The number of morpholine rings is 1. The van der Waals surface area contributed by atoms with Gasteiger partial charge in [0, 0.05) is 28.3 Å². The summed E-state index contributed by atoms with van der Waals surface area (Å²) in [7, 11) is 0. The maximum atomic E-state index is 5.46. The van der Waals surface area contributed by atoms with Gasteiger partial charge in [0.2, 0.25) is 0 Å². The van der Waals surface area contributed by atoms with E-state index >= 15 is 0 Å². The molecule has 92 valence electrons. The Labute approximate surface area is 111 Å². The fraction of sp³-hybridized carbons (Fsp3) is 0.429. The van der Waals surface area contributed by atoms with Crippen LogP contribution in [-0.4, -0.2) is 30.7 Å². The summed E-state index contributed by atoms with van der Waals surface area (Å²) in [4.78, 5) is 2.33. The number of ether oxygens (including phenoxy) is 1. The zero-order valence-electron chi connectivity index (χ0n) is 10.4. The average molecular weight is 296 g/mol. The van der Waals surface area contributed by atoms with Gasteiger partial charge in [0.05, 0.1) is 13.2 Å². The normalized spacial score (nSPS) is 20.4. The van der Waals surface area contributed by atoms with Gasteiger partial charge in [-0.05, 0) is 31.5 Å². The Balaban J connectivity index is 2.24. The molecule has 1 aromatic rings. The van der Waals surface area contributed by atoms with Crippen molar-refractivity contribution in [3.63, 3.8) is 0 Å². The topological polar surface area (TPSA) is 12.5 Å². The van der Waals surface area contributed by atoms with Crippen molar-refractivity contribution in [2.24, 2.45) is 0 Å². The minimum absolute atomic E-state index is 0.402. The Morgan fingerprint density at radius 1 is 1.53 bits per heavy atom. The number of nitrogens with zero attached hydrogens (tertiary/aromatic N) is 1. The molecule has 3 heteroatoms. The van der Waals surface area contributed by atoms with Gasteiger partial charge in [0.15, 0.2) is 0 Å². The van der Waals surface area contributed by atoms with E-state index in [2.05, 4.69) is 59.5 Å². The number of benzene rings is 1. The Kier molecular flexibility index (Phi) is 3.89. The highest BCUT2D eigenvalue weighted by molar-refractivity contribution is 9.10. The van der Waals surface area contributed by atoms with Crippen molar-refractivity contribution in [3.8, 4) is 0 Å². The molecule has 1 aromatic carbocycles. The van der Waals surface area contributed by atoms with E-state index in [-0.39, 0.29) is 0 Å². The minimum Gasteiger partial charge on any atom is -0.377 e. The highest BCUT2D eigenvalue weighted by Crippen LogP contribution is 2.26. The molecule has 0 unspecified atom stereocenters. The third-order valence-electron chi connectivity index (χ3n) is 3.21. The van der Waals surface area contributed by atoms with Crippen LogP contribution in [0.25, 0.3) is 5.70 Å². The molecule has 0 aromatic heterocycles. The molecule has 17 heavy (non-hydrogen) atoms. The van der Waals surface area contributed by atoms with E-state index in [1.807, 2.05) is 0 Å². The molecule has 0 N–H and O–H groups in total. The predicted molar refractivity (Wildman–Crippen MR) is 74.9 cm³/mol. The van der Waals surface area contributed by atoms with Gasteiger partial charge in [-0.3, -0.25) is 0 Å². The van der Waals surface area contributed by atoms with E-state index in [1.165, 1.54) is 11.1 Å². The van der Waals surface area contributed by atoms with Crippen LogP contribution in [0.5, 0.6) is 0 Å². The molecule has 0 radical (unpaired) electrons. The van der Waals surface area contributed by atoms with Crippen molar-refractivity contribution in [2.45, 2.75) is 19.9 Å².